The van der Waals surface area contributed by atoms with Crippen molar-refractivity contribution in [2.75, 3.05) is 5.73 Å². The number of ether oxygens (including phenoxy) is 1. The van der Waals surface area contributed by atoms with Gasteiger partial charge in [0.2, 0.25) is 5.95 Å². The van der Waals surface area contributed by atoms with Crippen LogP contribution in [-0.4, -0.2) is 20.1 Å². The SMILES string of the molecule is Cc1cc(CC(=O)c2nc(N)ns2)cc(Oc2ccc([N+](=O)[O-])cc2)c1. The number of aromatic nitrogens is 2. The normalized spacial score (nSPS) is 10.5. The molecule has 0 atom stereocenters. The van der Waals surface area contributed by atoms with Crippen LogP contribution in [-0.2, 0) is 6.42 Å². The first-order chi connectivity index (χ1) is 12.4. The number of hydrogen-bond acceptors (Lipinski definition) is 8. The molecule has 0 saturated heterocycles. The van der Waals surface area contributed by atoms with E-state index < -0.39 is 4.92 Å². The van der Waals surface area contributed by atoms with E-state index in [1.165, 1.54) is 24.3 Å². The van der Waals surface area contributed by atoms with Gasteiger partial charge in [-0.05, 0) is 53.8 Å². The Morgan fingerprint density at radius 1 is 1.23 bits per heavy atom. The number of non-ortho nitro benzene ring substituents is 1. The molecule has 0 radical (unpaired) electrons. The molecule has 2 N–H and O–H groups in total. The van der Waals surface area contributed by atoms with Gasteiger partial charge in [-0.3, -0.25) is 14.9 Å². The van der Waals surface area contributed by atoms with Gasteiger partial charge < -0.3 is 10.5 Å². The van der Waals surface area contributed by atoms with Crippen molar-refractivity contribution in [1.29, 1.82) is 0 Å². The van der Waals surface area contributed by atoms with E-state index in [0.717, 1.165) is 22.7 Å². The number of benzene rings is 2. The van der Waals surface area contributed by atoms with Crippen LogP contribution in [0, 0.1) is 17.0 Å². The van der Waals surface area contributed by atoms with E-state index in [-0.39, 0.29) is 28.8 Å². The quantitative estimate of drug-likeness (QED) is 0.400. The van der Waals surface area contributed by atoms with E-state index in [4.69, 9.17) is 10.5 Å². The van der Waals surface area contributed by atoms with Crippen LogP contribution < -0.4 is 10.5 Å². The first kappa shape index (κ1) is 17.5. The maximum atomic E-state index is 12.3. The van der Waals surface area contributed by atoms with E-state index in [2.05, 4.69) is 9.36 Å². The van der Waals surface area contributed by atoms with Crippen LogP contribution in [0.15, 0.2) is 42.5 Å². The van der Waals surface area contributed by atoms with Gasteiger partial charge in [0.05, 0.1) is 4.92 Å². The third-order valence-corrected chi connectivity index (χ3v) is 4.21. The summed E-state index contributed by atoms with van der Waals surface area (Å²) in [7, 11) is 0. The Kier molecular flexibility index (Phi) is 4.90. The molecule has 0 unspecified atom stereocenters. The number of nitrogen functional groups attached to an aromatic ring is 1. The van der Waals surface area contributed by atoms with Crippen LogP contribution in [0.3, 0.4) is 0 Å². The van der Waals surface area contributed by atoms with E-state index in [9.17, 15) is 14.9 Å². The number of rotatable bonds is 6. The Morgan fingerprint density at radius 2 is 1.96 bits per heavy atom. The maximum Gasteiger partial charge on any atom is 0.269 e. The lowest BCUT2D eigenvalue weighted by molar-refractivity contribution is -0.384. The number of carbonyl (C=O) groups excluding carboxylic acids is 1. The lowest BCUT2D eigenvalue weighted by atomic mass is 10.1. The monoisotopic (exact) mass is 370 g/mol. The van der Waals surface area contributed by atoms with E-state index in [0.29, 0.717) is 11.5 Å². The molecule has 3 rings (SSSR count). The summed E-state index contributed by atoms with van der Waals surface area (Å²) in [6.07, 6.45) is 0.146. The van der Waals surface area contributed by atoms with Crippen molar-refractivity contribution < 1.29 is 14.5 Å². The molecule has 26 heavy (non-hydrogen) atoms. The van der Waals surface area contributed by atoms with Crippen molar-refractivity contribution in [3.05, 3.63) is 68.7 Å². The van der Waals surface area contributed by atoms with Crippen LogP contribution in [0.4, 0.5) is 11.6 Å². The summed E-state index contributed by atoms with van der Waals surface area (Å²) in [5, 5.41) is 11.0. The second-order valence-electron chi connectivity index (χ2n) is 5.57. The third-order valence-electron chi connectivity index (χ3n) is 3.44. The van der Waals surface area contributed by atoms with Crippen LogP contribution in [0.25, 0.3) is 0 Å². The zero-order valence-electron chi connectivity index (χ0n) is 13.7. The summed E-state index contributed by atoms with van der Waals surface area (Å²) in [5.41, 5.74) is 7.12. The van der Waals surface area contributed by atoms with E-state index >= 15 is 0 Å². The molecule has 132 valence electrons. The number of nitro groups is 1. The van der Waals surface area contributed by atoms with Gasteiger partial charge in [0, 0.05) is 18.6 Å². The van der Waals surface area contributed by atoms with Crippen molar-refractivity contribution in [3.63, 3.8) is 0 Å². The Balaban J connectivity index is 1.76. The number of nitro benzene ring substituents is 1. The zero-order chi connectivity index (χ0) is 18.7. The number of nitrogens with two attached hydrogens (primary N) is 1. The minimum absolute atomic E-state index is 0.00999. The summed E-state index contributed by atoms with van der Waals surface area (Å²) in [5.74, 6) is 0.921. The van der Waals surface area contributed by atoms with Crippen LogP contribution >= 0.6 is 11.5 Å². The molecular formula is C17H14N4O4S. The van der Waals surface area contributed by atoms with Gasteiger partial charge in [0.1, 0.15) is 11.5 Å². The van der Waals surface area contributed by atoms with Crippen LogP contribution in [0.1, 0.15) is 20.9 Å². The number of aryl methyl sites for hydroxylation is 1. The van der Waals surface area contributed by atoms with Crippen molar-refractivity contribution in [3.8, 4) is 11.5 Å². The molecule has 0 aliphatic rings. The van der Waals surface area contributed by atoms with Gasteiger partial charge in [-0.15, -0.1) is 0 Å². The minimum Gasteiger partial charge on any atom is -0.457 e. The highest BCUT2D eigenvalue weighted by molar-refractivity contribution is 7.07. The Bertz CT molecular complexity index is 969. The fourth-order valence-electron chi connectivity index (χ4n) is 2.37. The van der Waals surface area contributed by atoms with Gasteiger partial charge in [0.25, 0.3) is 5.69 Å². The molecule has 0 amide bonds. The highest BCUT2D eigenvalue weighted by atomic mass is 32.1. The van der Waals surface area contributed by atoms with Crippen molar-refractivity contribution in [1.82, 2.24) is 9.36 Å². The number of nitrogens with zero attached hydrogens (tertiary/aromatic N) is 3. The van der Waals surface area contributed by atoms with Crippen molar-refractivity contribution in [2.24, 2.45) is 0 Å². The maximum absolute atomic E-state index is 12.3. The molecule has 0 aliphatic carbocycles. The first-order valence-corrected chi connectivity index (χ1v) is 8.33. The van der Waals surface area contributed by atoms with Gasteiger partial charge in [0.15, 0.2) is 10.8 Å². The molecule has 0 bridgehead atoms. The van der Waals surface area contributed by atoms with Crippen LogP contribution in [0.5, 0.6) is 11.5 Å². The number of ketones is 1. The number of hydrogen-bond donors (Lipinski definition) is 1. The van der Waals surface area contributed by atoms with Gasteiger partial charge >= 0.3 is 0 Å². The molecule has 0 spiro atoms. The predicted octanol–water partition coefficient (Wildman–Crippen LogP) is 3.55. The summed E-state index contributed by atoms with van der Waals surface area (Å²) in [6, 6.07) is 11.2. The Labute approximate surface area is 152 Å². The summed E-state index contributed by atoms with van der Waals surface area (Å²) < 4.78 is 9.55. The molecule has 0 saturated carbocycles. The highest BCUT2D eigenvalue weighted by Gasteiger charge is 2.13. The Hall–Kier alpha value is -3.33. The first-order valence-electron chi connectivity index (χ1n) is 7.56. The standard InChI is InChI=1S/C17H14N4O4S/c1-10-6-11(9-15(22)16-19-17(18)20-26-16)8-14(7-10)25-13-4-2-12(3-5-13)21(23)24/h2-8H,9H2,1H3,(H2,18,20). The zero-order valence-corrected chi connectivity index (χ0v) is 14.5. The number of carbonyl (C=O) groups is 1. The van der Waals surface area contributed by atoms with Gasteiger partial charge in [-0.25, -0.2) is 0 Å². The lowest BCUT2D eigenvalue weighted by Gasteiger charge is -2.09. The van der Waals surface area contributed by atoms with E-state index in [1.807, 2.05) is 19.1 Å². The molecular weight excluding hydrogens is 356 g/mol. The lowest BCUT2D eigenvalue weighted by Crippen LogP contribution is -2.04. The molecule has 3 aromatic rings. The summed E-state index contributed by atoms with van der Waals surface area (Å²) >= 11 is 0.970. The Morgan fingerprint density at radius 3 is 2.58 bits per heavy atom. The average molecular weight is 370 g/mol. The van der Waals surface area contributed by atoms with Gasteiger partial charge in [-0.1, -0.05) is 6.07 Å². The second-order valence-corrected chi connectivity index (χ2v) is 6.32. The summed E-state index contributed by atoms with van der Waals surface area (Å²) in [4.78, 5) is 26.4. The molecule has 0 fully saturated rings. The fraction of sp³-hybridized carbons (Fsp3) is 0.118. The molecule has 9 heteroatoms. The fourth-order valence-corrected chi connectivity index (χ4v) is 2.90. The number of Topliss-reactive ketones (excluding diaryl/α,β-unsaturated/α-hetero) is 1. The topological polar surface area (TPSA) is 121 Å². The van der Waals surface area contributed by atoms with Crippen LogP contribution in [0.2, 0.25) is 0 Å². The molecule has 8 nitrogen and oxygen atoms in total. The smallest absolute Gasteiger partial charge is 0.269 e. The van der Waals surface area contributed by atoms with Gasteiger partial charge in [-0.2, -0.15) is 9.36 Å². The van der Waals surface area contributed by atoms with E-state index in [1.54, 1.807) is 6.07 Å². The third kappa shape index (κ3) is 4.19. The average Bonchev–Trinajstić information content (AvgIpc) is 3.01. The number of anilines is 1. The largest absolute Gasteiger partial charge is 0.457 e. The highest BCUT2D eigenvalue weighted by Crippen LogP contribution is 2.26. The molecule has 0 aliphatic heterocycles. The van der Waals surface area contributed by atoms with Crippen molar-refractivity contribution >= 4 is 29.0 Å². The molecule has 1 heterocycles. The second kappa shape index (κ2) is 7.28. The summed E-state index contributed by atoms with van der Waals surface area (Å²) in [6.45, 7) is 1.89. The molecule has 1 aromatic heterocycles. The van der Waals surface area contributed by atoms with Crippen molar-refractivity contribution in [2.45, 2.75) is 13.3 Å². The molecule has 2 aromatic carbocycles. The predicted molar refractivity (Wildman–Crippen MR) is 96.7 cm³/mol. The minimum atomic E-state index is -0.472.